The summed E-state index contributed by atoms with van der Waals surface area (Å²) in [7, 11) is 1.95. The smallest absolute Gasteiger partial charge is 0.408 e. The van der Waals surface area contributed by atoms with Gasteiger partial charge in [-0.3, -0.25) is 9.69 Å². The zero-order valence-corrected chi connectivity index (χ0v) is 27.0. The molecule has 12 heteroatoms. The van der Waals surface area contributed by atoms with Gasteiger partial charge in [0, 0.05) is 42.2 Å². The van der Waals surface area contributed by atoms with E-state index in [9.17, 15) is 24.9 Å². The Hall–Kier alpha value is -2.53. The molecule has 3 heterocycles. The SMILES string of the molecule is CN1CC[C@H](c2c(C3(N(CC4CCCCN4)C(=O)O)CCC3)cc(O)c3c(=O)cc(-c4ccccc4Cl)oc23)[C@H](O)C1.Cl.Cl. The van der Waals surface area contributed by atoms with Gasteiger partial charge in [0.05, 0.1) is 16.7 Å². The van der Waals surface area contributed by atoms with E-state index in [1.165, 1.54) is 11.0 Å². The molecule has 4 N–H and O–H groups in total. The first-order chi connectivity index (χ1) is 20.2. The van der Waals surface area contributed by atoms with Crippen LogP contribution < -0.4 is 10.7 Å². The van der Waals surface area contributed by atoms with Crippen LogP contribution in [-0.4, -0.2) is 76.6 Å². The zero-order chi connectivity index (χ0) is 29.6. The number of benzene rings is 2. The first-order valence-electron chi connectivity index (χ1n) is 14.9. The molecule has 240 valence electrons. The van der Waals surface area contributed by atoms with Gasteiger partial charge in [0.25, 0.3) is 0 Å². The van der Waals surface area contributed by atoms with Gasteiger partial charge in [-0.1, -0.05) is 30.2 Å². The largest absolute Gasteiger partial charge is 0.507 e. The molecule has 1 aliphatic carbocycles. The molecule has 0 bridgehead atoms. The van der Waals surface area contributed by atoms with Crippen LogP contribution in [0.1, 0.15) is 62.0 Å². The number of phenols is 1. The topological polar surface area (TPSA) is 126 Å². The minimum absolute atomic E-state index is 0. The third-order valence-corrected chi connectivity index (χ3v) is 9.89. The van der Waals surface area contributed by atoms with Crippen LogP contribution in [0.2, 0.25) is 5.02 Å². The molecule has 9 nitrogen and oxygen atoms in total. The standard InChI is InChI=1S/C32H38ClN3O6.2ClH/c1-35-14-10-21(26(39)18-35)28-22(32(11-6-12-32)36(31(40)41)17-19-7-4-5-13-34-19)15-24(37)29-25(38)16-27(42-30(28)29)20-8-2-3-9-23(20)33;;/h2-3,8-9,15-16,19,21,26,34,37,39H,4-7,10-14,17-18H2,1H3,(H,40,41);2*1H/t19?,21-,26+;;/m0../s1. The van der Waals surface area contributed by atoms with Crippen molar-refractivity contribution in [3.05, 3.63) is 62.8 Å². The number of hydrogen-bond donors (Lipinski definition) is 4. The van der Waals surface area contributed by atoms with Gasteiger partial charge in [-0.2, -0.15) is 0 Å². The Labute approximate surface area is 274 Å². The molecular formula is C32H40Cl3N3O6. The Morgan fingerprint density at radius 1 is 1.16 bits per heavy atom. The number of rotatable bonds is 6. The van der Waals surface area contributed by atoms with E-state index in [1.807, 2.05) is 11.9 Å². The van der Waals surface area contributed by atoms with Crippen molar-refractivity contribution < 1.29 is 24.5 Å². The highest BCUT2D eigenvalue weighted by molar-refractivity contribution is 6.33. The van der Waals surface area contributed by atoms with Gasteiger partial charge in [0.15, 0.2) is 5.43 Å². The average molecular weight is 669 g/mol. The summed E-state index contributed by atoms with van der Waals surface area (Å²) in [5, 5.41) is 37.3. The number of β-amino-alcohol motifs (C(OH)–C–C–N with tert-alkyl or cyclic N) is 1. The third kappa shape index (κ3) is 6.15. The molecule has 3 fully saturated rings. The fourth-order valence-corrected chi connectivity index (χ4v) is 7.47. The molecule has 1 unspecified atom stereocenters. The van der Waals surface area contributed by atoms with E-state index in [1.54, 1.807) is 30.3 Å². The molecule has 3 aromatic rings. The lowest BCUT2D eigenvalue weighted by Gasteiger charge is -2.52. The molecule has 2 aliphatic heterocycles. The lowest BCUT2D eigenvalue weighted by Crippen LogP contribution is -2.58. The minimum Gasteiger partial charge on any atom is -0.507 e. The van der Waals surface area contributed by atoms with E-state index in [4.69, 9.17) is 16.0 Å². The third-order valence-electron chi connectivity index (χ3n) is 9.56. The molecule has 0 radical (unpaired) electrons. The average Bonchev–Trinajstić information content (AvgIpc) is 2.93. The quantitative estimate of drug-likeness (QED) is 0.254. The first kappa shape index (κ1) is 34.3. The Balaban J connectivity index is 0.00000221. The van der Waals surface area contributed by atoms with E-state index >= 15 is 0 Å². The van der Waals surface area contributed by atoms with Crippen LogP contribution in [-0.2, 0) is 5.54 Å². The van der Waals surface area contributed by atoms with E-state index in [0.29, 0.717) is 60.6 Å². The molecule has 44 heavy (non-hydrogen) atoms. The number of nitrogens with one attached hydrogen (secondary N) is 1. The van der Waals surface area contributed by atoms with Gasteiger partial charge in [0.1, 0.15) is 22.5 Å². The summed E-state index contributed by atoms with van der Waals surface area (Å²) in [5.41, 5.74) is 0.596. The van der Waals surface area contributed by atoms with E-state index in [-0.39, 0.29) is 53.3 Å². The Kier molecular flexibility index (Phi) is 10.8. The zero-order valence-electron chi connectivity index (χ0n) is 24.6. The van der Waals surface area contributed by atoms with Crippen molar-refractivity contribution in [2.45, 2.75) is 68.5 Å². The summed E-state index contributed by atoms with van der Waals surface area (Å²) in [6.07, 6.45) is 3.73. The molecule has 3 aliphatic rings. The van der Waals surface area contributed by atoms with Gasteiger partial charge >= 0.3 is 6.09 Å². The highest BCUT2D eigenvalue weighted by atomic mass is 35.5. The maximum Gasteiger partial charge on any atom is 0.408 e. The fourth-order valence-electron chi connectivity index (χ4n) is 7.24. The van der Waals surface area contributed by atoms with Crippen LogP contribution in [0.15, 0.2) is 45.6 Å². The summed E-state index contributed by atoms with van der Waals surface area (Å²) in [6.45, 7) is 2.29. The van der Waals surface area contributed by atoms with Crippen molar-refractivity contribution in [1.29, 1.82) is 0 Å². The number of halogens is 3. The molecule has 2 saturated heterocycles. The molecular weight excluding hydrogens is 629 g/mol. The molecule has 1 aromatic heterocycles. The van der Waals surface area contributed by atoms with Crippen LogP contribution >= 0.6 is 36.4 Å². The van der Waals surface area contributed by atoms with Crippen molar-refractivity contribution in [3.63, 3.8) is 0 Å². The number of hydrogen-bond acceptors (Lipinski definition) is 7. The molecule has 0 spiro atoms. The number of fused-ring (bicyclic) bond motifs is 1. The number of nitrogens with zero attached hydrogens (tertiary/aromatic N) is 2. The number of carbonyl (C=O) groups is 1. The summed E-state index contributed by atoms with van der Waals surface area (Å²) >= 11 is 6.49. The van der Waals surface area contributed by atoms with Crippen molar-refractivity contribution >= 4 is 53.5 Å². The Morgan fingerprint density at radius 3 is 2.52 bits per heavy atom. The summed E-state index contributed by atoms with van der Waals surface area (Å²) < 4.78 is 6.50. The van der Waals surface area contributed by atoms with Gasteiger partial charge in [0.2, 0.25) is 0 Å². The highest BCUT2D eigenvalue weighted by Gasteiger charge is 2.50. The number of carboxylic acid groups (broad SMARTS) is 1. The predicted octanol–water partition coefficient (Wildman–Crippen LogP) is 5.94. The summed E-state index contributed by atoms with van der Waals surface area (Å²) in [4.78, 5) is 30.1. The number of amides is 1. The van der Waals surface area contributed by atoms with E-state index in [0.717, 1.165) is 32.2 Å². The van der Waals surface area contributed by atoms with Crippen LogP contribution in [0.5, 0.6) is 5.75 Å². The Morgan fingerprint density at radius 2 is 1.91 bits per heavy atom. The second kappa shape index (κ2) is 13.8. The van der Waals surface area contributed by atoms with Crippen LogP contribution in [0.4, 0.5) is 4.79 Å². The second-order valence-corrected chi connectivity index (χ2v) is 12.6. The maximum atomic E-state index is 13.6. The number of likely N-dealkylation sites (N-methyl/N-ethyl adjacent to an activating group) is 1. The second-order valence-electron chi connectivity index (χ2n) is 12.2. The van der Waals surface area contributed by atoms with E-state index < -0.39 is 29.1 Å². The van der Waals surface area contributed by atoms with Crippen LogP contribution in [0, 0.1) is 0 Å². The number of piperidine rings is 2. The van der Waals surface area contributed by atoms with Gasteiger partial charge in [-0.15, -0.1) is 24.8 Å². The summed E-state index contributed by atoms with van der Waals surface area (Å²) in [6, 6.07) is 9.99. The molecule has 6 rings (SSSR count). The lowest BCUT2D eigenvalue weighted by atomic mass is 9.66. The van der Waals surface area contributed by atoms with Crippen LogP contribution in [0.3, 0.4) is 0 Å². The normalized spacial score (nSPS) is 23.2. The monoisotopic (exact) mass is 667 g/mol. The van der Waals surface area contributed by atoms with Crippen molar-refractivity contribution in [3.8, 4) is 17.1 Å². The number of aromatic hydroxyl groups is 1. The minimum atomic E-state index is -1.03. The van der Waals surface area contributed by atoms with Crippen molar-refractivity contribution in [2.75, 3.05) is 33.2 Å². The number of likely N-dealkylation sites (tertiary alicyclic amines) is 1. The lowest BCUT2D eigenvalue weighted by molar-refractivity contribution is 0.00928. The van der Waals surface area contributed by atoms with E-state index in [2.05, 4.69) is 5.32 Å². The van der Waals surface area contributed by atoms with Crippen LogP contribution in [0.25, 0.3) is 22.3 Å². The van der Waals surface area contributed by atoms with Gasteiger partial charge in [-0.05, 0) is 82.4 Å². The number of phenolic OH excluding ortho intramolecular Hbond substituents is 1. The van der Waals surface area contributed by atoms with Crippen molar-refractivity contribution in [1.82, 2.24) is 15.1 Å². The molecule has 1 amide bonds. The van der Waals surface area contributed by atoms with Gasteiger partial charge < -0.3 is 30.0 Å². The molecule has 3 atom stereocenters. The van der Waals surface area contributed by atoms with Gasteiger partial charge in [-0.25, -0.2) is 4.79 Å². The highest BCUT2D eigenvalue weighted by Crippen LogP contribution is 2.53. The number of aliphatic hydroxyl groups is 1. The summed E-state index contributed by atoms with van der Waals surface area (Å²) in [5.74, 6) is -0.426. The maximum absolute atomic E-state index is 13.6. The Bertz CT molecular complexity index is 1560. The number of aliphatic hydroxyl groups excluding tert-OH is 1. The van der Waals surface area contributed by atoms with Crippen molar-refractivity contribution in [2.24, 2.45) is 0 Å². The fraction of sp³-hybridized carbons (Fsp3) is 0.500. The predicted molar refractivity (Wildman–Crippen MR) is 176 cm³/mol. The molecule has 1 saturated carbocycles. The first-order valence-corrected chi connectivity index (χ1v) is 15.3. The molecule has 2 aromatic carbocycles.